The molecule has 1 N–H and O–H groups in total. The smallest absolute Gasteiger partial charge is 0.214 e. The van der Waals surface area contributed by atoms with E-state index in [1.54, 1.807) is 19.4 Å². The second-order valence-electron chi connectivity index (χ2n) is 5.35. The van der Waals surface area contributed by atoms with E-state index >= 15 is 0 Å². The maximum absolute atomic E-state index is 12.3. The zero-order chi connectivity index (χ0) is 14.4. The van der Waals surface area contributed by atoms with Crippen molar-refractivity contribution in [3.05, 3.63) is 30.1 Å². The van der Waals surface area contributed by atoms with Crippen LogP contribution >= 0.6 is 0 Å². The lowest BCUT2D eigenvalue weighted by Gasteiger charge is -2.27. The Hall–Kier alpha value is -0.980. The van der Waals surface area contributed by atoms with E-state index in [1.807, 2.05) is 12.1 Å². The van der Waals surface area contributed by atoms with Crippen molar-refractivity contribution in [3.63, 3.8) is 0 Å². The summed E-state index contributed by atoms with van der Waals surface area (Å²) in [6.07, 6.45) is 7.35. The van der Waals surface area contributed by atoms with Crippen LogP contribution in [-0.4, -0.2) is 49.6 Å². The third-order valence-corrected chi connectivity index (χ3v) is 5.58. The molecule has 112 valence electrons. The van der Waals surface area contributed by atoms with Crippen molar-refractivity contribution in [1.82, 2.24) is 14.6 Å². The van der Waals surface area contributed by atoms with Crippen molar-refractivity contribution in [3.8, 4) is 0 Å². The molecule has 0 saturated carbocycles. The third-order valence-electron chi connectivity index (χ3n) is 3.76. The van der Waals surface area contributed by atoms with Crippen LogP contribution < -0.4 is 5.32 Å². The molecule has 1 saturated heterocycles. The van der Waals surface area contributed by atoms with Gasteiger partial charge in [0.2, 0.25) is 10.0 Å². The molecular weight excluding hydrogens is 274 g/mol. The van der Waals surface area contributed by atoms with Gasteiger partial charge in [-0.3, -0.25) is 4.98 Å². The van der Waals surface area contributed by atoms with Gasteiger partial charge in [-0.1, -0.05) is 6.42 Å². The predicted octanol–water partition coefficient (Wildman–Crippen LogP) is 1.03. The van der Waals surface area contributed by atoms with Crippen molar-refractivity contribution in [2.75, 3.05) is 25.9 Å². The number of piperidine rings is 1. The van der Waals surface area contributed by atoms with Gasteiger partial charge in [-0.2, -0.15) is 0 Å². The van der Waals surface area contributed by atoms with Gasteiger partial charge >= 0.3 is 0 Å². The maximum Gasteiger partial charge on any atom is 0.214 e. The highest BCUT2D eigenvalue weighted by molar-refractivity contribution is 7.89. The number of likely N-dealkylation sites (N-methyl/N-ethyl adjacent to an activating group) is 1. The molecule has 1 unspecified atom stereocenters. The zero-order valence-corrected chi connectivity index (χ0v) is 12.8. The molecule has 20 heavy (non-hydrogen) atoms. The van der Waals surface area contributed by atoms with Crippen LogP contribution in [0.2, 0.25) is 0 Å². The van der Waals surface area contributed by atoms with E-state index in [2.05, 4.69) is 10.3 Å². The molecule has 1 aromatic heterocycles. The highest BCUT2D eigenvalue weighted by atomic mass is 32.2. The number of hydrogen-bond donors (Lipinski definition) is 1. The molecule has 1 aromatic rings. The van der Waals surface area contributed by atoms with Crippen molar-refractivity contribution < 1.29 is 8.42 Å². The number of nitrogens with zero attached hydrogens (tertiary/aromatic N) is 2. The summed E-state index contributed by atoms with van der Waals surface area (Å²) in [4.78, 5) is 3.93. The first-order valence-electron chi connectivity index (χ1n) is 7.14. The Kier molecular flexibility index (Phi) is 5.51. The fourth-order valence-corrected chi connectivity index (χ4v) is 3.67. The van der Waals surface area contributed by atoms with Gasteiger partial charge in [-0.05, 0) is 43.5 Å². The summed E-state index contributed by atoms with van der Waals surface area (Å²) in [5.74, 6) is 0.153. The number of pyridine rings is 1. The monoisotopic (exact) mass is 297 g/mol. The molecule has 1 fully saturated rings. The van der Waals surface area contributed by atoms with Gasteiger partial charge in [0.05, 0.1) is 5.75 Å². The zero-order valence-electron chi connectivity index (χ0n) is 12.0. The van der Waals surface area contributed by atoms with Crippen LogP contribution in [0.4, 0.5) is 0 Å². The third kappa shape index (κ3) is 4.54. The van der Waals surface area contributed by atoms with Crippen LogP contribution in [-0.2, 0) is 16.4 Å². The van der Waals surface area contributed by atoms with Crippen LogP contribution in [0.25, 0.3) is 0 Å². The van der Waals surface area contributed by atoms with Gasteiger partial charge in [0.15, 0.2) is 0 Å². The Morgan fingerprint density at radius 2 is 2.10 bits per heavy atom. The molecule has 0 aromatic carbocycles. The lowest BCUT2D eigenvalue weighted by molar-refractivity contribution is 0.337. The summed E-state index contributed by atoms with van der Waals surface area (Å²) in [6, 6.07) is 4.01. The largest absolute Gasteiger partial charge is 0.313 e. The lowest BCUT2D eigenvalue weighted by Crippen LogP contribution is -2.44. The number of hydrogen-bond acceptors (Lipinski definition) is 4. The molecule has 0 radical (unpaired) electrons. The maximum atomic E-state index is 12.3. The summed E-state index contributed by atoms with van der Waals surface area (Å²) in [7, 11) is -1.51. The second-order valence-corrected chi connectivity index (χ2v) is 7.54. The first kappa shape index (κ1) is 15.4. The molecule has 0 amide bonds. The van der Waals surface area contributed by atoms with E-state index in [-0.39, 0.29) is 5.75 Å². The number of rotatable bonds is 6. The quantitative estimate of drug-likeness (QED) is 0.852. The first-order chi connectivity index (χ1) is 9.58. The Balaban J connectivity index is 1.85. The molecule has 1 aliphatic rings. The number of nitrogens with one attached hydrogen (secondary N) is 1. The Morgan fingerprint density at radius 3 is 2.75 bits per heavy atom. The summed E-state index contributed by atoms with van der Waals surface area (Å²) in [6.45, 7) is 1.56. The standard InChI is InChI=1S/C14H23N3O2S/c1-17(12-14-4-2-3-8-16-14)20(18,19)11-7-13-5-9-15-10-6-13/h5-6,9-10,14,16H,2-4,7-8,11-12H2,1H3. The van der Waals surface area contributed by atoms with Gasteiger partial charge in [0.1, 0.15) is 0 Å². The number of aryl methyl sites for hydroxylation is 1. The van der Waals surface area contributed by atoms with Crippen LogP contribution in [0, 0.1) is 0 Å². The van der Waals surface area contributed by atoms with Gasteiger partial charge < -0.3 is 5.32 Å². The van der Waals surface area contributed by atoms with Crippen LogP contribution in [0.1, 0.15) is 24.8 Å². The minimum absolute atomic E-state index is 0.153. The Bertz CT molecular complexity index is 498. The molecule has 2 rings (SSSR count). The number of aromatic nitrogens is 1. The van der Waals surface area contributed by atoms with E-state index < -0.39 is 10.0 Å². The van der Waals surface area contributed by atoms with Crippen LogP contribution in [0.5, 0.6) is 0 Å². The molecule has 0 spiro atoms. The molecule has 0 bridgehead atoms. The Labute approximate surface area is 121 Å². The molecule has 0 aliphatic carbocycles. The van der Waals surface area contributed by atoms with Crippen molar-refractivity contribution in [2.45, 2.75) is 31.7 Å². The van der Waals surface area contributed by atoms with E-state index in [4.69, 9.17) is 0 Å². The normalized spacial score (nSPS) is 20.2. The molecule has 2 heterocycles. The Morgan fingerprint density at radius 1 is 1.35 bits per heavy atom. The minimum atomic E-state index is -3.18. The first-order valence-corrected chi connectivity index (χ1v) is 8.75. The van der Waals surface area contributed by atoms with Crippen molar-refractivity contribution in [1.29, 1.82) is 0 Å². The average molecular weight is 297 g/mol. The summed E-state index contributed by atoms with van der Waals surface area (Å²) >= 11 is 0. The predicted molar refractivity (Wildman–Crippen MR) is 80.0 cm³/mol. The topological polar surface area (TPSA) is 62.3 Å². The summed E-state index contributed by atoms with van der Waals surface area (Å²) < 4.78 is 26.0. The fraction of sp³-hybridized carbons (Fsp3) is 0.643. The molecule has 6 heteroatoms. The van der Waals surface area contributed by atoms with E-state index in [9.17, 15) is 8.42 Å². The van der Waals surface area contributed by atoms with E-state index in [1.165, 1.54) is 17.1 Å². The highest BCUT2D eigenvalue weighted by Gasteiger charge is 2.22. The average Bonchev–Trinajstić information content (AvgIpc) is 2.47. The van der Waals surface area contributed by atoms with Crippen LogP contribution in [0.3, 0.4) is 0 Å². The summed E-state index contributed by atoms with van der Waals surface area (Å²) in [5.41, 5.74) is 1.01. The van der Waals surface area contributed by atoms with Gasteiger partial charge in [-0.25, -0.2) is 12.7 Å². The van der Waals surface area contributed by atoms with Gasteiger partial charge in [0, 0.05) is 32.0 Å². The van der Waals surface area contributed by atoms with E-state index in [0.717, 1.165) is 18.5 Å². The SMILES string of the molecule is CN(CC1CCCCN1)S(=O)(=O)CCc1ccncc1. The molecular formula is C14H23N3O2S. The van der Waals surface area contributed by atoms with Gasteiger partial charge in [0.25, 0.3) is 0 Å². The molecule has 1 aliphatic heterocycles. The minimum Gasteiger partial charge on any atom is -0.313 e. The van der Waals surface area contributed by atoms with Crippen molar-refractivity contribution in [2.24, 2.45) is 0 Å². The van der Waals surface area contributed by atoms with Crippen molar-refractivity contribution >= 4 is 10.0 Å². The van der Waals surface area contributed by atoms with Gasteiger partial charge in [-0.15, -0.1) is 0 Å². The highest BCUT2D eigenvalue weighted by Crippen LogP contribution is 2.11. The second kappa shape index (κ2) is 7.15. The van der Waals surface area contributed by atoms with E-state index in [0.29, 0.717) is 19.0 Å². The molecule has 5 nitrogen and oxygen atoms in total. The van der Waals surface area contributed by atoms with Crippen LogP contribution in [0.15, 0.2) is 24.5 Å². The molecule has 1 atom stereocenters. The lowest BCUT2D eigenvalue weighted by atomic mass is 10.1. The number of sulfonamides is 1. The summed E-state index contributed by atoms with van der Waals surface area (Å²) in [5, 5.41) is 3.38. The fourth-order valence-electron chi connectivity index (χ4n) is 2.46.